The molecule has 0 aliphatic rings. The highest BCUT2D eigenvalue weighted by Gasteiger charge is 2.50. The molecule has 134 valence electrons. The molecule has 7 heteroatoms. The number of halogens is 3. The molecule has 2 aromatic carbocycles. The van der Waals surface area contributed by atoms with Gasteiger partial charge in [-0.1, -0.05) is 41.9 Å². The van der Waals surface area contributed by atoms with Gasteiger partial charge in [-0.25, -0.2) is 4.79 Å². The van der Waals surface area contributed by atoms with E-state index in [1.165, 1.54) is 26.2 Å². The number of para-hydroxylation sites is 2. The first kappa shape index (κ1) is 19.0. The summed E-state index contributed by atoms with van der Waals surface area (Å²) in [5, 5.41) is 2.79. The van der Waals surface area contributed by atoms with Gasteiger partial charge >= 0.3 is 11.9 Å². The first-order valence-corrected chi connectivity index (χ1v) is 7.98. The average molecular weight is 370 g/mol. The Morgan fingerprint density at radius 2 is 1.84 bits per heavy atom. The maximum Gasteiger partial charge on any atom is 0.379 e. The molecule has 1 N–H and O–H groups in total. The van der Waals surface area contributed by atoms with E-state index in [0.717, 1.165) is 0 Å². The summed E-state index contributed by atoms with van der Waals surface area (Å²) in [4.78, 5) is 11.8. The van der Waals surface area contributed by atoms with Crippen molar-refractivity contribution >= 4 is 23.3 Å². The molecule has 0 aliphatic carbocycles. The zero-order valence-corrected chi connectivity index (χ0v) is 14.5. The van der Waals surface area contributed by atoms with Gasteiger partial charge in [-0.2, -0.15) is 8.78 Å². The number of anilines is 1. The standard InChI is InChI=1S/C18H18ClF2NO3/c1-3-25-17(23)18(20,21)16(12-8-4-5-9-13(12)19)22-14-10-6-7-11-15(14)24-2/h4-11,16,22H,3H2,1-2H3. The smallest absolute Gasteiger partial charge is 0.379 e. The number of alkyl halides is 2. The number of esters is 1. The van der Waals surface area contributed by atoms with Crippen molar-refractivity contribution in [1.29, 1.82) is 0 Å². The molecule has 1 unspecified atom stereocenters. The average Bonchev–Trinajstić information content (AvgIpc) is 2.61. The zero-order valence-electron chi connectivity index (χ0n) is 13.8. The molecule has 0 aliphatic heterocycles. The van der Waals surface area contributed by atoms with Gasteiger partial charge in [-0.15, -0.1) is 0 Å². The Balaban J connectivity index is 2.49. The lowest BCUT2D eigenvalue weighted by atomic mass is 9.99. The second-order valence-electron chi connectivity index (χ2n) is 5.14. The van der Waals surface area contributed by atoms with E-state index >= 15 is 0 Å². The van der Waals surface area contributed by atoms with E-state index in [-0.39, 0.29) is 17.2 Å². The monoisotopic (exact) mass is 369 g/mol. The van der Waals surface area contributed by atoms with E-state index in [4.69, 9.17) is 16.3 Å². The predicted octanol–water partition coefficient (Wildman–Crippen LogP) is 4.70. The fourth-order valence-electron chi connectivity index (χ4n) is 2.34. The number of rotatable bonds is 7. The minimum atomic E-state index is -3.85. The molecular weight excluding hydrogens is 352 g/mol. The molecule has 25 heavy (non-hydrogen) atoms. The molecule has 0 heterocycles. The molecule has 0 fully saturated rings. The molecule has 1 atom stereocenters. The molecule has 4 nitrogen and oxygen atoms in total. The number of carbonyl (C=O) groups is 1. The second-order valence-corrected chi connectivity index (χ2v) is 5.55. The van der Waals surface area contributed by atoms with Gasteiger partial charge in [-0.3, -0.25) is 0 Å². The summed E-state index contributed by atoms with van der Waals surface area (Å²) < 4.78 is 39.4. The van der Waals surface area contributed by atoms with Crippen molar-refractivity contribution < 1.29 is 23.0 Å². The molecule has 2 rings (SSSR count). The number of benzene rings is 2. The van der Waals surface area contributed by atoms with E-state index < -0.39 is 17.9 Å². The number of hydrogen-bond donors (Lipinski definition) is 1. The zero-order chi connectivity index (χ0) is 18.4. The summed E-state index contributed by atoms with van der Waals surface area (Å²) in [6.07, 6.45) is 0. The van der Waals surface area contributed by atoms with Crippen LogP contribution < -0.4 is 10.1 Å². The number of methoxy groups -OCH3 is 1. The lowest BCUT2D eigenvalue weighted by Gasteiger charge is -2.28. The number of hydrogen-bond acceptors (Lipinski definition) is 4. The highest BCUT2D eigenvalue weighted by atomic mass is 35.5. The first-order valence-electron chi connectivity index (χ1n) is 7.60. The second kappa shape index (κ2) is 8.16. The predicted molar refractivity (Wildman–Crippen MR) is 92.4 cm³/mol. The highest BCUT2D eigenvalue weighted by Crippen LogP contribution is 2.40. The normalized spacial score (nSPS) is 12.4. The van der Waals surface area contributed by atoms with Gasteiger partial charge in [0, 0.05) is 5.02 Å². The molecular formula is C18H18ClF2NO3. The van der Waals surface area contributed by atoms with Crippen LogP contribution in [-0.2, 0) is 9.53 Å². The van der Waals surface area contributed by atoms with Crippen LogP contribution >= 0.6 is 11.6 Å². The van der Waals surface area contributed by atoms with Gasteiger partial charge in [0.15, 0.2) is 0 Å². The molecule has 2 aromatic rings. The third kappa shape index (κ3) is 4.20. The van der Waals surface area contributed by atoms with Gasteiger partial charge < -0.3 is 14.8 Å². The maximum atomic E-state index is 14.8. The quantitative estimate of drug-likeness (QED) is 0.719. The van der Waals surface area contributed by atoms with Crippen molar-refractivity contribution in [2.24, 2.45) is 0 Å². The summed E-state index contributed by atoms with van der Waals surface area (Å²) in [6.45, 7) is 1.31. The molecule has 0 spiro atoms. The van der Waals surface area contributed by atoms with Gasteiger partial charge in [0.2, 0.25) is 0 Å². The van der Waals surface area contributed by atoms with Crippen molar-refractivity contribution in [3.63, 3.8) is 0 Å². The van der Waals surface area contributed by atoms with Crippen LogP contribution in [-0.4, -0.2) is 25.6 Å². The van der Waals surface area contributed by atoms with Crippen LogP contribution in [0.1, 0.15) is 18.5 Å². The molecule has 0 amide bonds. The van der Waals surface area contributed by atoms with Crippen LogP contribution in [0.2, 0.25) is 5.02 Å². The third-order valence-corrected chi connectivity index (χ3v) is 3.88. The Morgan fingerprint density at radius 1 is 1.20 bits per heavy atom. The van der Waals surface area contributed by atoms with E-state index in [9.17, 15) is 13.6 Å². The van der Waals surface area contributed by atoms with Crippen LogP contribution in [0.5, 0.6) is 5.75 Å². The SMILES string of the molecule is CCOC(=O)C(F)(F)C(Nc1ccccc1OC)c1ccccc1Cl. The van der Waals surface area contributed by atoms with Crippen LogP contribution in [0.15, 0.2) is 48.5 Å². The minimum absolute atomic E-state index is 0.0770. The van der Waals surface area contributed by atoms with Gasteiger partial charge in [-0.05, 0) is 30.7 Å². The number of ether oxygens (including phenoxy) is 2. The Labute approximate surface area is 149 Å². The van der Waals surface area contributed by atoms with Gasteiger partial charge in [0.25, 0.3) is 0 Å². The Morgan fingerprint density at radius 3 is 2.48 bits per heavy atom. The third-order valence-electron chi connectivity index (χ3n) is 3.53. The fraction of sp³-hybridized carbons (Fsp3) is 0.278. The largest absolute Gasteiger partial charge is 0.495 e. The molecule has 0 aromatic heterocycles. The number of nitrogens with one attached hydrogen (secondary N) is 1. The Kier molecular flexibility index (Phi) is 6.20. The van der Waals surface area contributed by atoms with E-state index in [0.29, 0.717) is 11.4 Å². The fourth-order valence-corrected chi connectivity index (χ4v) is 2.58. The highest BCUT2D eigenvalue weighted by molar-refractivity contribution is 6.31. The summed E-state index contributed by atoms with van der Waals surface area (Å²) >= 11 is 6.09. The van der Waals surface area contributed by atoms with Gasteiger partial charge in [0.1, 0.15) is 11.8 Å². The van der Waals surface area contributed by atoms with Crippen LogP contribution in [0.4, 0.5) is 14.5 Å². The minimum Gasteiger partial charge on any atom is -0.495 e. The Bertz CT molecular complexity index is 740. The van der Waals surface area contributed by atoms with E-state index in [1.807, 2.05) is 0 Å². The summed E-state index contributed by atoms with van der Waals surface area (Å²) in [5.74, 6) is -5.11. The lowest BCUT2D eigenvalue weighted by Crippen LogP contribution is -2.41. The van der Waals surface area contributed by atoms with E-state index in [2.05, 4.69) is 10.1 Å². The van der Waals surface area contributed by atoms with Gasteiger partial charge in [0.05, 0.1) is 19.4 Å². The summed E-state index contributed by atoms with van der Waals surface area (Å²) in [7, 11) is 1.43. The van der Waals surface area contributed by atoms with Crippen molar-refractivity contribution in [2.45, 2.75) is 18.9 Å². The van der Waals surface area contributed by atoms with Crippen molar-refractivity contribution in [2.75, 3.05) is 19.0 Å². The van der Waals surface area contributed by atoms with Crippen molar-refractivity contribution in [3.05, 3.63) is 59.1 Å². The first-order chi connectivity index (χ1) is 11.9. The lowest BCUT2D eigenvalue weighted by molar-refractivity contribution is -0.173. The number of carbonyl (C=O) groups excluding carboxylic acids is 1. The Hall–Kier alpha value is -2.34. The summed E-state index contributed by atoms with van der Waals surface area (Å²) in [5.41, 5.74) is 0.381. The summed E-state index contributed by atoms with van der Waals surface area (Å²) in [6, 6.07) is 10.9. The van der Waals surface area contributed by atoms with Crippen molar-refractivity contribution in [1.82, 2.24) is 0 Å². The molecule has 0 saturated heterocycles. The van der Waals surface area contributed by atoms with Crippen LogP contribution in [0, 0.1) is 0 Å². The topological polar surface area (TPSA) is 47.6 Å². The van der Waals surface area contributed by atoms with Crippen molar-refractivity contribution in [3.8, 4) is 5.75 Å². The van der Waals surface area contributed by atoms with Crippen LogP contribution in [0.3, 0.4) is 0 Å². The molecule has 0 bridgehead atoms. The molecule has 0 radical (unpaired) electrons. The maximum absolute atomic E-state index is 14.8. The van der Waals surface area contributed by atoms with E-state index in [1.54, 1.807) is 36.4 Å². The van der Waals surface area contributed by atoms with Crippen LogP contribution in [0.25, 0.3) is 0 Å². The molecule has 0 saturated carbocycles.